The molecule has 1 unspecified atom stereocenters. The average molecular weight is 602 g/mol. The summed E-state index contributed by atoms with van der Waals surface area (Å²) in [7, 11) is -5.28. The Kier molecular flexibility index (Phi) is 14.5. The smallest absolute Gasteiger partial charge is 0.301 e. The van der Waals surface area contributed by atoms with E-state index in [2.05, 4.69) is 10.0 Å². The van der Waals surface area contributed by atoms with Crippen LogP contribution in [0.2, 0.25) is 12.1 Å². The van der Waals surface area contributed by atoms with Crippen molar-refractivity contribution in [2.75, 3.05) is 37.7 Å². The molecule has 13 nitrogen and oxygen atoms in total. The first-order valence-electron chi connectivity index (χ1n) is 14.2. The van der Waals surface area contributed by atoms with Crippen LogP contribution in [-0.2, 0) is 19.2 Å². The van der Waals surface area contributed by atoms with E-state index in [9.17, 15) is 33.4 Å². The number of nitro benzene ring substituents is 2. The normalized spacial score (nSPS) is 15.5. The zero-order chi connectivity index (χ0) is 29.5. The second-order valence-electron chi connectivity index (χ2n) is 10.0. The lowest BCUT2D eigenvalue weighted by molar-refractivity contribution is -0.393. The van der Waals surface area contributed by atoms with Crippen LogP contribution in [0.3, 0.4) is 0 Å². The molecule has 1 aromatic carbocycles. The van der Waals surface area contributed by atoms with Crippen LogP contribution in [0, 0.1) is 20.2 Å². The fraction of sp³-hybridized carbons (Fsp3) is 0.720. The molecule has 1 aliphatic rings. The minimum Gasteiger partial charge on any atom is -0.420 e. The largest absolute Gasteiger partial charge is 0.420 e. The molecule has 0 bridgehead atoms. The molecule has 0 aromatic heterocycles. The number of nitrogens with one attached hydrogen (secondary N) is 2. The summed E-state index contributed by atoms with van der Waals surface area (Å²) in [5.74, 6) is -0.0976. The number of rotatable bonds is 19. The Morgan fingerprint density at radius 1 is 1.00 bits per heavy atom. The van der Waals surface area contributed by atoms with Crippen molar-refractivity contribution in [3.05, 3.63) is 32.4 Å². The van der Waals surface area contributed by atoms with E-state index in [1.54, 1.807) is 4.90 Å². The van der Waals surface area contributed by atoms with Gasteiger partial charge >= 0.3 is 11.4 Å². The molecule has 40 heavy (non-hydrogen) atoms. The van der Waals surface area contributed by atoms with Gasteiger partial charge in [0.15, 0.2) is 14.7 Å². The van der Waals surface area contributed by atoms with E-state index in [1.807, 2.05) is 13.8 Å². The lowest BCUT2D eigenvalue weighted by Gasteiger charge is -2.23. The fourth-order valence-electron chi connectivity index (χ4n) is 4.76. The molecule has 1 heterocycles. The topological polar surface area (TPSA) is 174 Å². The Balaban J connectivity index is 1.89. The van der Waals surface area contributed by atoms with Crippen LogP contribution in [0.15, 0.2) is 17.0 Å². The molecule has 0 saturated carbocycles. The molecule has 1 aliphatic heterocycles. The summed E-state index contributed by atoms with van der Waals surface area (Å²) in [5, 5.41) is 26.6. The molecule has 0 radical (unpaired) electrons. The molecular weight excluding hydrogens is 558 g/mol. The maximum absolute atomic E-state index is 12.9. The Labute approximate surface area is 238 Å². The number of hydrogen-bond donors (Lipinski definition) is 2. The van der Waals surface area contributed by atoms with Crippen LogP contribution in [-0.4, -0.2) is 66.0 Å². The third kappa shape index (κ3) is 10.7. The summed E-state index contributed by atoms with van der Waals surface area (Å²) < 4.78 is 33.9. The monoisotopic (exact) mass is 601 g/mol. The van der Waals surface area contributed by atoms with Crippen molar-refractivity contribution >= 4 is 42.0 Å². The number of nitro groups is 2. The van der Waals surface area contributed by atoms with Gasteiger partial charge in [0.2, 0.25) is 15.9 Å². The highest BCUT2D eigenvalue weighted by Gasteiger charge is 2.33. The van der Waals surface area contributed by atoms with Gasteiger partial charge in [0.25, 0.3) is 0 Å². The summed E-state index contributed by atoms with van der Waals surface area (Å²) in [6.45, 7) is 5.89. The van der Waals surface area contributed by atoms with E-state index < -0.39 is 45.2 Å². The van der Waals surface area contributed by atoms with Crippen LogP contribution in [0.4, 0.5) is 17.1 Å². The Morgan fingerprint density at radius 2 is 1.62 bits per heavy atom. The van der Waals surface area contributed by atoms with Crippen LogP contribution in [0.5, 0.6) is 0 Å². The molecule has 226 valence electrons. The molecule has 0 aliphatic carbocycles. The molecular formula is C25H43N5O8SSi. The summed E-state index contributed by atoms with van der Waals surface area (Å²) in [5.41, 5.74) is -1.43. The second-order valence-corrected chi connectivity index (χ2v) is 14.5. The molecule has 1 aromatic rings. The number of carbonyl (C=O) groups excluding carboxylic acids is 1. The van der Waals surface area contributed by atoms with E-state index in [4.69, 9.17) is 4.43 Å². The van der Waals surface area contributed by atoms with Gasteiger partial charge in [-0.05, 0) is 50.6 Å². The summed E-state index contributed by atoms with van der Waals surface area (Å²) in [4.78, 5) is 35.2. The fourth-order valence-corrected chi connectivity index (χ4v) is 8.48. The van der Waals surface area contributed by atoms with E-state index in [-0.39, 0.29) is 24.6 Å². The molecule has 1 fully saturated rings. The minimum absolute atomic E-state index is 0.0111. The third-order valence-corrected chi connectivity index (χ3v) is 11.0. The van der Waals surface area contributed by atoms with Crippen molar-refractivity contribution in [2.45, 2.75) is 88.6 Å². The van der Waals surface area contributed by atoms with Gasteiger partial charge in [-0.2, -0.15) is 0 Å². The van der Waals surface area contributed by atoms with Gasteiger partial charge in [-0.25, -0.2) is 13.1 Å². The molecule has 2 rings (SSSR count). The Morgan fingerprint density at radius 3 is 2.17 bits per heavy atom. The van der Waals surface area contributed by atoms with Crippen molar-refractivity contribution in [1.82, 2.24) is 10.0 Å². The van der Waals surface area contributed by atoms with Gasteiger partial charge in [0.1, 0.15) is 0 Å². The lowest BCUT2D eigenvalue weighted by atomic mass is 10.2. The van der Waals surface area contributed by atoms with Gasteiger partial charge in [-0.1, -0.05) is 26.7 Å². The highest BCUT2D eigenvalue weighted by Crippen LogP contribution is 2.40. The first-order valence-corrected chi connectivity index (χ1v) is 17.8. The molecule has 2 N–H and O–H groups in total. The zero-order valence-corrected chi connectivity index (χ0v) is 25.5. The maximum Gasteiger partial charge on any atom is 0.301 e. The van der Waals surface area contributed by atoms with Gasteiger partial charge in [-0.15, -0.1) is 0 Å². The van der Waals surface area contributed by atoms with Gasteiger partial charge < -0.3 is 14.6 Å². The predicted octanol–water partition coefficient (Wildman–Crippen LogP) is 4.01. The van der Waals surface area contributed by atoms with Crippen LogP contribution < -0.4 is 14.9 Å². The summed E-state index contributed by atoms with van der Waals surface area (Å²) in [6.07, 6.45) is 6.65. The standard InChI is InChI=1S/C25H43N5O8SSi/c1-3-14-28(15-4-2)25-22(29(32)33)19-21(20-23(25)30(34)35)39(36,37)27-13-6-5-11-24(31)26-12-7-9-17-40-18-10-8-16-38-40/h19-20,27,40H,3-18H2,1-2H3,(H,26,31). The average Bonchev–Trinajstić information content (AvgIpc) is 2.92. The second kappa shape index (κ2) is 17.2. The predicted molar refractivity (Wildman–Crippen MR) is 156 cm³/mol. The lowest BCUT2D eigenvalue weighted by Crippen LogP contribution is -2.28. The number of benzene rings is 1. The first-order chi connectivity index (χ1) is 19.1. The summed E-state index contributed by atoms with van der Waals surface area (Å²) >= 11 is 0. The van der Waals surface area contributed by atoms with Gasteiger partial charge in [-0.3, -0.25) is 25.0 Å². The SMILES string of the molecule is CCCN(CCC)c1c([N+](=O)[O-])cc(S(=O)(=O)NCCCCC(=O)NCCCC[SiH]2CCCCO2)cc1[N+](=O)[O-]. The number of hydrogen-bond acceptors (Lipinski definition) is 9. The maximum atomic E-state index is 12.9. The van der Waals surface area contributed by atoms with Crippen LogP contribution in [0.25, 0.3) is 0 Å². The van der Waals surface area contributed by atoms with Crippen molar-refractivity contribution in [3.8, 4) is 0 Å². The third-order valence-electron chi connectivity index (χ3n) is 6.72. The van der Waals surface area contributed by atoms with Crippen molar-refractivity contribution in [3.63, 3.8) is 0 Å². The van der Waals surface area contributed by atoms with E-state index >= 15 is 0 Å². The number of anilines is 1. The zero-order valence-electron chi connectivity index (χ0n) is 23.6. The van der Waals surface area contributed by atoms with Crippen LogP contribution >= 0.6 is 0 Å². The minimum atomic E-state index is -4.25. The first kappa shape index (κ1) is 33.6. The van der Waals surface area contributed by atoms with E-state index in [1.165, 1.54) is 12.5 Å². The Hall–Kier alpha value is -2.62. The van der Waals surface area contributed by atoms with Gasteiger partial charge in [0, 0.05) is 51.3 Å². The molecule has 15 heteroatoms. The van der Waals surface area contributed by atoms with Crippen molar-refractivity contribution < 1.29 is 27.5 Å². The Bertz CT molecular complexity index is 1060. The molecule has 1 saturated heterocycles. The molecule has 1 atom stereocenters. The van der Waals surface area contributed by atoms with E-state index in [0.717, 1.165) is 44.0 Å². The van der Waals surface area contributed by atoms with Crippen molar-refractivity contribution in [1.29, 1.82) is 0 Å². The summed E-state index contributed by atoms with van der Waals surface area (Å²) in [6, 6.07) is 4.13. The van der Waals surface area contributed by atoms with E-state index in [0.29, 0.717) is 45.3 Å². The number of carbonyl (C=O) groups is 1. The number of amides is 1. The van der Waals surface area contributed by atoms with Crippen LogP contribution in [0.1, 0.15) is 71.6 Å². The van der Waals surface area contributed by atoms with Crippen molar-refractivity contribution in [2.24, 2.45) is 0 Å². The highest BCUT2D eigenvalue weighted by atomic mass is 32.2. The quantitative estimate of drug-likeness (QED) is 0.103. The number of unbranched alkanes of at least 4 members (excludes halogenated alkanes) is 2. The number of sulfonamides is 1. The van der Waals surface area contributed by atoms with Gasteiger partial charge in [0.05, 0.1) is 14.7 Å². The highest BCUT2D eigenvalue weighted by molar-refractivity contribution is 7.89. The molecule has 0 spiro atoms. The molecule has 1 amide bonds. The number of nitrogens with zero attached hydrogens (tertiary/aromatic N) is 3.